The Bertz CT molecular complexity index is 1340. The van der Waals surface area contributed by atoms with Crippen molar-refractivity contribution in [2.24, 2.45) is 5.92 Å². The van der Waals surface area contributed by atoms with Crippen LogP contribution in [0.2, 0.25) is 0 Å². The molecule has 3 amide bonds. The number of hydrogen-bond donors (Lipinski definition) is 2. The van der Waals surface area contributed by atoms with Crippen LogP contribution in [0.5, 0.6) is 0 Å². The summed E-state index contributed by atoms with van der Waals surface area (Å²) in [6.45, 7) is 6.15. The molecule has 0 radical (unpaired) electrons. The fourth-order valence-electron chi connectivity index (χ4n) is 5.49. The van der Waals surface area contributed by atoms with Crippen LogP contribution in [0.15, 0.2) is 30.3 Å². The zero-order valence-electron chi connectivity index (χ0n) is 24.6. The maximum Gasteiger partial charge on any atom is 0.409 e. The smallest absolute Gasteiger partial charge is 0.409 e. The molecule has 13 nitrogen and oxygen atoms in total. The van der Waals surface area contributed by atoms with Crippen molar-refractivity contribution in [2.45, 2.75) is 45.6 Å². The highest BCUT2D eigenvalue weighted by Gasteiger charge is 2.32. The minimum Gasteiger partial charge on any atom is -0.481 e. The first kappa shape index (κ1) is 31.5. The Morgan fingerprint density at radius 3 is 2.40 bits per heavy atom. The van der Waals surface area contributed by atoms with Crippen molar-refractivity contribution in [3.05, 3.63) is 36.0 Å². The van der Waals surface area contributed by atoms with E-state index in [1.807, 2.05) is 18.2 Å². The zero-order chi connectivity index (χ0) is 30.9. The fraction of sp³-hybridized carbons (Fsp3) is 0.533. The summed E-state index contributed by atoms with van der Waals surface area (Å²) < 4.78 is 10.3. The van der Waals surface area contributed by atoms with Crippen LogP contribution < -0.4 is 10.2 Å². The number of carboxylic acids is 1. The van der Waals surface area contributed by atoms with Crippen LogP contribution in [-0.2, 0) is 23.9 Å². The zero-order valence-corrected chi connectivity index (χ0v) is 24.6. The fourth-order valence-corrected chi connectivity index (χ4v) is 5.49. The van der Waals surface area contributed by atoms with Crippen molar-refractivity contribution in [1.29, 1.82) is 0 Å². The molecule has 0 saturated carbocycles. The van der Waals surface area contributed by atoms with Gasteiger partial charge in [0, 0.05) is 56.8 Å². The van der Waals surface area contributed by atoms with Gasteiger partial charge >= 0.3 is 18.0 Å². The molecule has 13 heteroatoms. The monoisotopic (exact) mass is 597 g/mol. The molecule has 2 aliphatic rings. The second-order valence-electron chi connectivity index (χ2n) is 10.6. The Morgan fingerprint density at radius 1 is 1.00 bits per heavy atom. The molecule has 2 saturated heterocycles. The van der Waals surface area contributed by atoms with Crippen LogP contribution in [0.4, 0.5) is 10.5 Å². The Hall–Kier alpha value is -4.42. The predicted octanol–water partition coefficient (Wildman–Crippen LogP) is 2.28. The van der Waals surface area contributed by atoms with Gasteiger partial charge < -0.3 is 34.6 Å². The lowest BCUT2D eigenvalue weighted by Gasteiger charge is -2.36. The highest BCUT2D eigenvalue weighted by molar-refractivity contribution is 6.01. The van der Waals surface area contributed by atoms with Crippen LogP contribution >= 0.6 is 0 Å². The average molecular weight is 598 g/mol. The van der Waals surface area contributed by atoms with Gasteiger partial charge in [0.15, 0.2) is 0 Å². The van der Waals surface area contributed by atoms with Gasteiger partial charge in [0.05, 0.1) is 24.6 Å². The third-order valence-electron chi connectivity index (χ3n) is 7.68. The molecule has 2 fully saturated rings. The van der Waals surface area contributed by atoms with Crippen molar-refractivity contribution in [2.75, 3.05) is 57.4 Å². The van der Waals surface area contributed by atoms with Gasteiger partial charge in [-0.3, -0.25) is 19.2 Å². The molecular formula is C30H39N5O8. The molecule has 0 aliphatic carbocycles. The van der Waals surface area contributed by atoms with Crippen LogP contribution in [0.25, 0.3) is 10.9 Å². The van der Waals surface area contributed by atoms with Crippen LogP contribution in [0, 0.1) is 5.92 Å². The molecule has 2 N–H and O–H groups in total. The SMILES string of the molecule is CCOC(=O)C1CCCN(c2cc(C(=O)NC(CCC(=O)O)C(=O)N3CCN(C(=O)OCC)CC3)nc3ccccc23)C1. The first-order valence-electron chi connectivity index (χ1n) is 14.8. The Labute approximate surface area is 250 Å². The lowest BCUT2D eigenvalue weighted by atomic mass is 9.97. The van der Waals surface area contributed by atoms with Gasteiger partial charge in [0.2, 0.25) is 5.91 Å². The van der Waals surface area contributed by atoms with Gasteiger partial charge in [-0.1, -0.05) is 18.2 Å². The number of nitrogens with zero attached hydrogens (tertiary/aromatic N) is 4. The summed E-state index contributed by atoms with van der Waals surface area (Å²) in [4.78, 5) is 72.6. The van der Waals surface area contributed by atoms with Gasteiger partial charge in [-0.15, -0.1) is 0 Å². The topological polar surface area (TPSA) is 159 Å². The largest absolute Gasteiger partial charge is 0.481 e. The Kier molecular flexibility index (Phi) is 10.7. The van der Waals surface area contributed by atoms with Crippen molar-refractivity contribution in [1.82, 2.24) is 20.1 Å². The average Bonchev–Trinajstić information content (AvgIpc) is 3.02. The molecule has 43 heavy (non-hydrogen) atoms. The number of carbonyl (C=O) groups is 5. The number of esters is 1. The standard InChI is InChI=1S/C30H39N5O8/c1-3-42-29(40)20-8-7-13-35(19-20)25-18-24(31-22-10-6-5-9-21(22)25)27(38)32-23(11-12-26(36)37)28(39)33-14-16-34(17-15-33)30(41)43-4-2/h5-6,9-10,18,20,23H,3-4,7-8,11-17,19H2,1-2H3,(H,32,38)(H,36,37). The number of piperidine rings is 1. The van der Waals surface area contributed by atoms with Gasteiger partial charge in [-0.25, -0.2) is 9.78 Å². The first-order chi connectivity index (χ1) is 20.7. The lowest BCUT2D eigenvalue weighted by Crippen LogP contribution is -2.56. The molecule has 1 aromatic carbocycles. The number of carboxylic acid groups (broad SMARTS) is 1. The van der Waals surface area contributed by atoms with E-state index in [1.165, 1.54) is 9.80 Å². The number of fused-ring (bicyclic) bond motifs is 1. The summed E-state index contributed by atoms with van der Waals surface area (Å²) in [5.41, 5.74) is 1.40. The number of aromatic nitrogens is 1. The second kappa shape index (κ2) is 14.7. The third-order valence-corrected chi connectivity index (χ3v) is 7.68. The molecular weight excluding hydrogens is 558 g/mol. The number of hydrogen-bond acceptors (Lipinski definition) is 9. The minimum atomic E-state index is -1.10. The Morgan fingerprint density at radius 2 is 1.70 bits per heavy atom. The molecule has 2 unspecified atom stereocenters. The van der Waals surface area contributed by atoms with E-state index in [1.54, 1.807) is 26.0 Å². The molecule has 2 atom stereocenters. The van der Waals surface area contributed by atoms with Crippen molar-refractivity contribution in [3.8, 4) is 0 Å². The number of nitrogens with one attached hydrogen (secondary N) is 1. The third kappa shape index (κ3) is 7.90. The van der Waals surface area contributed by atoms with Gasteiger partial charge in [-0.05, 0) is 45.2 Å². The summed E-state index contributed by atoms with van der Waals surface area (Å²) in [7, 11) is 0. The molecule has 2 aromatic rings. The molecule has 3 heterocycles. The van der Waals surface area contributed by atoms with E-state index in [0.717, 1.165) is 17.5 Å². The summed E-state index contributed by atoms with van der Waals surface area (Å²) in [6.07, 6.45) is 0.611. The maximum atomic E-state index is 13.6. The van der Waals surface area contributed by atoms with Crippen LogP contribution in [-0.4, -0.2) is 108 Å². The number of amides is 3. The molecule has 4 rings (SSSR count). The summed E-state index contributed by atoms with van der Waals surface area (Å²) in [5, 5.41) is 12.8. The first-order valence-corrected chi connectivity index (χ1v) is 14.8. The number of carbonyl (C=O) groups excluding carboxylic acids is 4. The number of para-hydroxylation sites is 1. The molecule has 0 bridgehead atoms. The molecule has 232 valence electrons. The van der Waals surface area contributed by atoms with Crippen molar-refractivity contribution < 1.29 is 38.6 Å². The van der Waals surface area contributed by atoms with E-state index in [4.69, 9.17) is 9.47 Å². The number of aliphatic carboxylic acids is 1. The van der Waals surface area contributed by atoms with Crippen LogP contribution in [0.1, 0.15) is 50.0 Å². The number of rotatable bonds is 10. The Balaban J connectivity index is 1.54. The highest BCUT2D eigenvalue weighted by atomic mass is 16.6. The normalized spacial score (nSPS) is 17.7. The van der Waals surface area contributed by atoms with E-state index in [-0.39, 0.29) is 63.2 Å². The number of piperazine rings is 1. The maximum absolute atomic E-state index is 13.6. The number of ether oxygens (including phenoxy) is 2. The second-order valence-corrected chi connectivity index (χ2v) is 10.6. The molecule has 0 spiro atoms. The molecule has 2 aliphatic heterocycles. The summed E-state index contributed by atoms with van der Waals surface area (Å²) in [5.74, 6) is -2.66. The quantitative estimate of drug-likeness (QED) is 0.389. The van der Waals surface area contributed by atoms with Gasteiger partial charge in [0.1, 0.15) is 11.7 Å². The minimum absolute atomic E-state index is 0.0761. The van der Waals surface area contributed by atoms with Crippen molar-refractivity contribution in [3.63, 3.8) is 0 Å². The number of benzene rings is 1. The van der Waals surface area contributed by atoms with Gasteiger partial charge in [-0.2, -0.15) is 0 Å². The number of anilines is 1. The predicted molar refractivity (Wildman–Crippen MR) is 157 cm³/mol. The van der Waals surface area contributed by atoms with Crippen molar-refractivity contribution >= 4 is 46.4 Å². The lowest BCUT2D eigenvalue weighted by molar-refractivity contribution is -0.148. The summed E-state index contributed by atoms with van der Waals surface area (Å²) >= 11 is 0. The number of pyridine rings is 1. The molecule has 1 aromatic heterocycles. The van der Waals surface area contributed by atoms with E-state index >= 15 is 0 Å². The van der Waals surface area contributed by atoms with E-state index in [9.17, 15) is 29.1 Å². The van der Waals surface area contributed by atoms with Gasteiger partial charge in [0.25, 0.3) is 5.91 Å². The van der Waals surface area contributed by atoms with E-state index < -0.39 is 29.9 Å². The van der Waals surface area contributed by atoms with Crippen LogP contribution in [0.3, 0.4) is 0 Å². The summed E-state index contributed by atoms with van der Waals surface area (Å²) in [6, 6.07) is 7.94. The van der Waals surface area contributed by atoms with E-state index in [2.05, 4.69) is 15.2 Å². The highest BCUT2D eigenvalue weighted by Crippen LogP contribution is 2.31. The van der Waals surface area contributed by atoms with E-state index in [0.29, 0.717) is 31.6 Å².